The van der Waals surface area contributed by atoms with Crippen molar-refractivity contribution >= 4 is 0 Å². The lowest BCUT2D eigenvalue weighted by Crippen LogP contribution is -2.52. The second-order valence-electron chi connectivity index (χ2n) is 2.75. The third kappa shape index (κ3) is 1.91. The van der Waals surface area contributed by atoms with Gasteiger partial charge in [0.25, 0.3) is 0 Å². The Morgan fingerprint density at radius 2 is 1.80 bits per heavy atom. The van der Waals surface area contributed by atoms with Crippen LogP contribution in [0, 0.1) is 0 Å². The number of nitrogens with one attached hydrogen (secondary N) is 1. The van der Waals surface area contributed by atoms with Gasteiger partial charge in [0.2, 0.25) is 0 Å². The molecular formula is C6H15NO3. The van der Waals surface area contributed by atoms with Gasteiger partial charge in [0.15, 0.2) is 0 Å². The van der Waals surface area contributed by atoms with E-state index in [1.807, 2.05) is 5.48 Å². The van der Waals surface area contributed by atoms with Gasteiger partial charge in [0, 0.05) is 0 Å². The lowest BCUT2D eigenvalue weighted by Gasteiger charge is -2.31. The maximum atomic E-state index is 9.39. The number of aliphatic hydroxyl groups excluding tert-OH is 1. The highest BCUT2D eigenvalue weighted by Gasteiger charge is 2.32. The van der Waals surface area contributed by atoms with E-state index < -0.39 is 17.7 Å². The average molecular weight is 149 g/mol. The third-order valence-corrected chi connectivity index (χ3v) is 1.92. The lowest BCUT2D eigenvalue weighted by molar-refractivity contribution is -0.0971. The maximum Gasteiger partial charge on any atom is 0.105 e. The number of hydroxylamine groups is 1. The summed E-state index contributed by atoms with van der Waals surface area (Å²) in [5.74, 6) is 0. The summed E-state index contributed by atoms with van der Waals surface area (Å²) in [6.07, 6.45) is -0.873. The molecule has 0 aliphatic carbocycles. The van der Waals surface area contributed by atoms with Gasteiger partial charge in [-0.3, -0.25) is 0 Å². The molecule has 0 bridgehead atoms. The van der Waals surface area contributed by atoms with Crippen LogP contribution in [0.5, 0.6) is 0 Å². The Kier molecular flexibility index (Phi) is 3.24. The Morgan fingerprint density at radius 1 is 1.40 bits per heavy atom. The molecule has 3 atom stereocenters. The van der Waals surface area contributed by atoms with Crippen molar-refractivity contribution in [2.75, 3.05) is 0 Å². The monoisotopic (exact) mass is 149 g/mol. The average Bonchev–Trinajstić information content (AvgIpc) is 1.86. The van der Waals surface area contributed by atoms with Crippen LogP contribution in [-0.2, 0) is 0 Å². The van der Waals surface area contributed by atoms with Gasteiger partial charge in [-0.1, -0.05) is 0 Å². The smallest absolute Gasteiger partial charge is 0.105 e. The summed E-state index contributed by atoms with van der Waals surface area (Å²) in [7, 11) is 0. The van der Waals surface area contributed by atoms with Crippen molar-refractivity contribution < 1.29 is 15.4 Å². The zero-order chi connectivity index (χ0) is 8.36. The maximum absolute atomic E-state index is 9.39. The quantitative estimate of drug-likeness (QED) is 0.408. The summed E-state index contributed by atoms with van der Waals surface area (Å²) < 4.78 is 0. The molecule has 62 valence electrons. The molecule has 0 spiro atoms. The fraction of sp³-hybridized carbons (Fsp3) is 1.00. The first-order valence-electron chi connectivity index (χ1n) is 3.23. The van der Waals surface area contributed by atoms with Crippen LogP contribution in [0.1, 0.15) is 20.8 Å². The van der Waals surface area contributed by atoms with Crippen LogP contribution in [-0.4, -0.2) is 33.2 Å². The molecule has 10 heavy (non-hydrogen) atoms. The van der Waals surface area contributed by atoms with E-state index in [-0.39, 0.29) is 0 Å². The standard InChI is InChI=1S/C6H15NO3/c1-4(7-10)6(3,9)5(2)8/h4-5,7-10H,1-3H3. The molecule has 0 aliphatic rings. The van der Waals surface area contributed by atoms with Crippen LogP contribution in [0.3, 0.4) is 0 Å². The largest absolute Gasteiger partial charge is 0.390 e. The van der Waals surface area contributed by atoms with Crippen LogP contribution < -0.4 is 5.48 Å². The van der Waals surface area contributed by atoms with Gasteiger partial charge in [0.1, 0.15) is 5.60 Å². The molecule has 4 N–H and O–H groups in total. The van der Waals surface area contributed by atoms with Crippen LogP contribution in [0.25, 0.3) is 0 Å². The summed E-state index contributed by atoms with van der Waals surface area (Å²) >= 11 is 0. The molecule has 4 heteroatoms. The second kappa shape index (κ2) is 3.30. The Bertz CT molecular complexity index is 103. The molecular weight excluding hydrogens is 134 g/mol. The first-order valence-corrected chi connectivity index (χ1v) is 3.23. The lowest BCUT2D eigenvalue weighted by atomic mass is 9.93. The van der Waals surface area contributed by atoms with Crippen LogP contribution in [0.4, 0.5) is 0 Å². The Balaban J connectivity index is 4.09. The molecule has 0 saturated heterocycles. The first-order chi connectivity index (χ1) is 4.42. The third-order valence-electron chi connectivity index (χ3n) is 1.92. The predicted octanol–water partition coefficient (Wildman–Crippen LogP) is -0.515. The molecule has 3 unspecified atom stereocenters. The summed E-state index contributed by atoms with van der Waals surface area (Å²) in [5.41, 5.74) is 0.580. The van der Waals surface area contributed by atoms with Gasteiger partial charge < -0.3 is 15.4 Å². The van der Waals surface area contributed by atoms with Gasteiger partial charge in [-0.15, -0.1) is 0 Å². The molecule has 0 aromatic carbocycles. The predicted molar refractivity (Wildman–Crippen MR) is 36.7 cm³/mol. The highest BCUT2D eigenvalue weighted by Crippen LogP contribution is 2.13. The van der Waals surface area contributed by atoms with E-state index >= 15 is 0 Å². The van der Waals surface area contributed by atoms with Gasteiger partial charge in [-0.05, 0) is 20.8 Å². The zero-order valence-corrected chi connectivity index (χ0v) is 6.50. The van der Waals surface area contributed by atoms with Gasteiger partial charge in [0.05, 0.1) is 12.1 Å². The summed E-state index contributed by atoms with van der Waals surface area (Å²) in [5, 5.41) is 26.8. The molecule has 0 saturated carbocycles. The molecule has 4 nitrogen and oxygen atoms in total. The molecule has 0 amide bonds. The topological polar surface area (TPSA) is 72.7 Å². The molecule has 0 aliphatic heterocycles. The highest BCUT2D eigenvalue weighted by molar-refractivity contribution is 4.86. The van der Waals surface area contributed by atoms with Crippen LogP contribution in [0.15, 0.2) is 0 Å². The van der Waals surface area contributed by atoms with Gasteiger partial charge in [-0.25, -0.2) is 0 Å². The van der Waals surface area contributed by atoms with E-state index in [0.29, 0.717) is 0 Å². The highest BCUT2D eigenvalue weighted by atomic mass is 16.5. The molecule has 0 aromatic heterocycles. The summed E-state index contributed by atoms with van der Waals surface area (Å²) in [4.78, 5) is 0. The van der Waals surface area contributed by atoms with Crippen molar-refractivity contribution in [1.29, 1.82) is 0 Å². The van der Waals surface area contributed by atoms with E-state index in [0.717, 1.165) is 0 Å². The van der Waals surface area contributed by atoms with Gasteiger partial charge >= 0.3 is 0 Å². The molecule has 0 aromatic rings. The van der Waals surface area contributed by atoms with Crippen molar-refractivity contribution in [2.24, 2.45) is 0 Å². The second-order valence-corrected chi connectivity index (χ2v) is 2.75. The fourth-order valence-electron chi connectivity index (χ4n) is 0.492. The fourth-order valence-corrected chi connectivity index (χ4v) is 0.492. The van der Waals surface area contributed by atoms with Gasteiger partial charge in [-0.2, -0.15) is 5.48 Å². The SMILES string of the molecule is CC(O)C(C)(O)C(C)NO. The van der Waals surface area contributed by atoms with E-state index in [2.05, 4.69) is 0 Å². The van der Waals surface area contributed by atoms with E-state index in [1.165, 1.54) is 13.8 Å². The number of rotatable bonds is 3. The van der Waals surface area contributed by atoms with E-state index in [4.69, 9.17) is 10.3 Å². The molecule has 0 heterocycles. The van der Waals surface area contributed by atoms with Crippen molar-refractivity contribution in [2.45, 2.75) is 38.5 Å². The number of aliphatic hydroxyl groups is 2. The Labute approximate surface area is 60.5 Å². The minimum absolute atomic E-state index is 0.549. The molecule has 0 fully saturated rings. The van der Waals surface area contributed by atoms with Crippen molar-refractivity contribution in [1.82, 2.24) is 5.48 Å². The zero-order valence-electron chi connectivity index (χ0n) is 6.50. The van der Waals surface area contributed by atoms with Crippen molar-refractivity contribution in [3.05, 3.63) is 0 Å². The summed E-state index contributed by atoms with van der Waals surface area (Å²) in [6, 6.07) is -0.549. The normalized spacial score (nSPS) is 23.4. The minimum atomic E-state index is -1.30. The summed E-state index contributed by atoms with van der Waals surface area (Å²) in [6.45, 7) is 4.49. The van der Waals surface area contributed by atoms with Crippen LogP contribution >= 0.6 is 0 Å². The molecule has 0 radical (unpaired) electrons. The Hall–Kier alpha value is -0.160. The minimum Gasteiger partial charge on any atom is -0.390 e. The number of hydrogen-bond donors (Lipinski definition) is 4. The number of hydrogen-bond acceptors (Lipinski definition) is 4. The van der Waals surface area contributed by atoms with Crippen molar-refractivity contribution in [3.63, 3.8) is 0 Å². The van der Waals surface area contributed by atoms with E-state index in [1.54, 1.807) is 6.92 Å². The Morgan fingerprint density at radius 3 is 1.90 bits per heavy atom. The van der Waals surface area contributed by atoms with Crippen molar-refractivity contribution in [3.8, 4) is 0 Å². The molecule has 0 rings (SSSR count). The van der Waals surface area contributed by atoms with E-state index in [9.17, 15) is 5.11 Å². The van der Waals surface area contributed by atoms with Crippen LogP contribution in [0.2, 0.25) is 0 Å². The first kappa shape index (κ1) is 9.84.